The van der Waals surface area contributed by atoms with E-state index < -0.39 is 0 Å². The summed E-state index contributed by atoms with van der Waals surface area (Å²) in [6.07, 6.45) is 1.91. The second-order valence-electron chi connectivity index (χ2n) is 2.39. The minimum atomic E-state index is 1.07. The molecule has 0 aliphatic carbocycles. The molecule has 0 amide bonds. The van der Waals surface area contributed by atoms with Gasteiger partial charge in [-0.15, -0.1) is 11.3 Å². The zero-order valence-electron chi connectivity index (χ0n) is 6.16. The van der Waals surface area contributed by atoms with Crippen LogP contribution in [0, 0.1) is 6.92 Å². The number of H-pyrrole nitrogens is 1. The van der Waals surface area contributed by atoms with Crippen molar-refractivity contribution in [2.75, 3.05) is 0 Å². The third kappa shape index (κ3) is 1.07. The molecule has 3 heteroatoms. The van der Waals surface area contributed by atoms with Gasteiger partial charge in [-0.05, 0) is 23.9 Å². The second-order valence-corrected chi connectivity index (χ2v) is 3.34. The van der Waals surface area contributed by atoms with E-state index in [1.807, 2.05) is 12.3 Å². The number of aromatic amines is 1. The van der Waals surface area contributed by atoms with Gasteiger partial charge in [-0.3, -0.25) is 5.10 Å². The summed E-state index contributed by atoms with van der Waals surface area (Å²) in [6, 6.07) is 4.11. The van der Waals surface area contributed by atoms with Crippen molar-refractivity contribution in [2.24, 2.45) is 0 Å². The maximum atomic E-state index is 4.14. The van der Waals surface area contributed by atoms with Gasteiger partial charge in [0.2, 0.25) is 0 Å². The maximum absolute atomic E-state index is 4.14. The number of rotatable bonds is 1. The predicted molar refractivity (Wildman–Crippen MR) is 46.6 cm³/mol. The molecule has 0 aliphatic heterocycles. The molecule has 2 heterocycles. The molecule has 0 fully saturated rings. The van der Waals surface area contributed by atoms with E-state index in [1.165, 1.54) is 10.4 Å². The minimum Gasteiger partial charge on any atom is -0.285 e. The van der Waals surface area contributed by atoms with Crippen LogP contribution in [-0.4, -0.2) is 10.2 Å². The zero-order chi connectivity index (χ0) is 7.68. The van der Waals surface area contributed by atoms with E-state index in [0.717, 1.165) is 5.69 Å². The molecule has 0 atom stereocenters. The smallest absolute Gasteiger partial charge is 0.105 e. The monoisotopic (exact) mass is 164 g/mol. The Labute approximate surface area is 68.9 Å². The molecule has 56 valence electrons. The highest BCUT2D eigenvalue weighted by atomic mass is 32.1. The Morgan fingerprint density at radius 2 is 2.45 bits per heavy atom. The number of aromatic nitrogens is 2. The summed E-state index contributed by atoms with van der Waals surface area (Å²) >= 11 is 1.71. The molecule has 0 radical (unpaired) electrons. The summed E-state index contributed by atoms with van der Waals surface area (Å²) in [5.74, 6) is 0. The molecule has 0 saturated heterocycles. The van der Waals surface area contributed by atoms with E-state index in [-0.39, 0.29) is 0 Å². The lowest BCUT2D eigenvalue weighted by Gasteiger charge is -1.89. The highest BCUT2D eigenvalue weighted by Gasteiger charge is 2.03. The van der Waals surface area contributed by atoms with Gasteiger partial charge < -0.3 is 0 Å². The molecule has 0 aromatic carbocycles. The van der Waals surface area contributed by atoms with Crippen molar-refractivity contribution in [1.82, 2.24) is 10.2 Å². The van der Waals surface area contributed by atoms with Crippen molar-refractivity contribution in [2.45, 2.75) is 6.92 Å². The van der Waals surface area contributed by atoms with Crippen LogP contribution < -0.4 is 0 Å². The molecule has 0 aliphatic rings. The average Bonchev–Trinajstić information content (AvgIpc) is 2.55. The SMILES string of the molecule is Cc1c[nH]nc1-c1cccs1. The molecular weight excluding hydrogens is 156 g/mol. The van der Waals surface area contributed by atoms with Gasteiger partial charge >= 0.3 is 0 Å². The molecule has 2 aromatic heterocycles. The van der Waals surface area contributed by atoms with Crippen LogP contribution in [0.15, 0.2) is 23.7 Å². The van der Waals surface area contributed by atoms with E-state index >= 15 is 0 Å². The van der Waals surface area contributed by atoms with Gasteiger partial charge in [0, 0.05) is 6.20 Å². The molecule has 11 heavy (non-hydrogen) atoms. The van der Waals surface area contributed by atoms with Crippen LogP contribution in [0.5, 0.6) is 0 Å². The largest absolute Gasteiger partial charge is 0.285 e. The fourth-order valence-corrected chi connectivity index (χ4v) is 1.79. The van der Waals surface area contributed by atoms with Gasteiger partial charge in [-0.25, -0.2) is 0 Å². The number of hydrogen-bond donors (Lipinski definition) is 1. The van der Waals surface area contributed by atoms with E-state index in [9.17, 15) is 0 Å². The third-order valence-corrected chi connectivity index (χ3v) is 2.46. The van der Waals surface area contributed by atoms with Gasteiger partial charge in [0.25, 0.3) is 0 Å². The summed E-state index contributed by atoms with van der Waals surface area (Å²) in [7, 11) is 0. The second kappa shape index (κ2) is 2.51. The van der Waals surface area contributed by atoms with Crippen molar-refractivity contribution in [3.8, 4) is 10.6 Å². The highest BCUT2D eigenvalue weighted by molar-refractivity contribution is 7.13. The Hall–Kier alpha value is -1.09. The van der Waals surface area contributed by atoms with Gasteiger partial charge in [0.15, 0.2) is 0 Å². The molecule has 0 unspecified atom stereocenters. The number of nitrogens with one attached hydrogen (secondary N) is 1. The molecular formula is C8H8N2S. The molecule has 1 N–H and O–H groups in total. The highest BCUT2D eigenvalue weighted by Crippen LogP contribution is 2.24. The number of hydrogen-bond acceptors (Lipinski definition) is 2. The lowest BCUT2D eigenvalue weighted by atomic mass is 10.2. The number of nitrogens with zero attached hydrogens (tertiary/aromatic N) is 1. The van der Waals surface area contributed by atoms with Crippen LogP contribution in [0.4, 0.5) is 0 Å². The zero-order valence-corrected chi connectivity index (χ0v) is 6.98. The van der Waals surface area contributed by atoms with E-state index in [2.05, 4.69) is 28.6 Å². The first kappa shape index (κ1) is 6.61. The number of aryl methyl sites for hydroxylation is 1. The van der Waals surface area contributed by atoms with Gasteiger partial charge in [-0.1, -0.05) is 6.07 Å². The first-order valence-electron chi connectivity index (χ1n) is 3.42. The first-order chi connectivity index (χ1) is 5.38. The summed E-state index contributed by atoms with van der Waals surface area (Å²) < 4.78 is 0. The fraction of sp³-hybridized carbons (Fsp3) is 0.125. The minimum absolute atomic E-state index is 1.07. The Balaban J connectivity index is 2.53. The van der Waals surface area contributed by atoms with E-state index in [1.54, 1.807) is 11.3 Å². The van der Waals surface area contributed by atoms with E-state index in [4.69, 9.17) is 0 Å². The topological polar surface area (TPSA) is 28.7 Å². The average molecular weight is 164 g/mol. The Morgan fingerprint density at radius 1 is 1.55 bits per heavy atom. The first-order valence-corrected chi connectivity index (χ1v) is 4.30. The number of thiophene rings is 1. The molecule has 0 saturated carbocycles. The predicted octanol–water partition coefficient (Wildman–Crippen LogP) is 2.45. The van der Waals surface area contributed by atoms with Crippen LogP contribution in [0.3, 0.4) is 0 Å². The lowest BCUT2D eigenvalue weighted by Crippen LogP contribution is -1.73. The van der Waals surface area contributed by atoms with E-state index in [0.29, 0.717) is 0 Å². The molecule has 2 rings (SSSR count). The van der Waals surface area contributed by atoms with Crippen molar-refractivity contribution >= 4 is 11.3 Å². The quantitative estimate of drug-likeness (QED) is 0.689. The van der Waals surface area contributed by atoms with Crippen LogP contribution in [-0.2, 0) is 0 Å². The third-order valence-electron chi connectivity index (χ3n) is 1.59. The standard InChI is InChI=1S/C8H8N2S/c1-6-5-9-10-8(6)7-3-2-4-11-7/h2-5H,1H3,(H,9,10). The van der Waals surface area contributed by atoms with Gasteiger partial charge in [0.1, 0.15) is 5.69 Å². The van der Waals surface area contributed by atoms with Crippen molar-refractivity contribution in [1.29, 1.82) is 0 Å². The Morgan fingerprint density at radius 3 is 3.00 bits per heavy atom. The molecule has 0 bridgehead atoms. The Kier molecular flexibility index (Phi) is 1.51. The molecule has 2 nitrogen and oxygen atoms in total. The molecule has 2 aromatic rings. The summed E-state index contributed by atoms with van der Waals surface area (Å²) in [4.78, 5) is 1.23. The Bertz CT molecular complexity index is 335. The van der Waals surface area contributed by atoms with Crippen molar-refractivity contribution in [3.63, 3.8) is 0 Å². The van der Waals surface area contributed by atoms with Crippen LogP contribution in [0.25, 0.3) is 10.6 Å². The maximum Gasteiger partial charge on any atom is 0.105 e. The molecule has 0 spiro atoms. The van der Waals surface area contributed by atoms with Gasteiger partial charge in [-0.2, -0.15) is 5.10 Å². The summed E-state index contributed by atoms with van der Waals surface area (Å²) in [6.45, 7) is 2.05. The van der Waals surface area contributed by atoms with Crippen LogP contribution >= 0.6 is 11.3 Å². The normalized spacial score (nSPS) is 10.3. The van der Waals surface area contributed by atoms with Crippen LogP contribution in [0.2, 0.25) is 0 Å². The van der Waals surface area contributed by atoms with Gasteiger partial charge in [0.05, 0.1) is 4.88 Å². The summed E-state index contributed by atoms with van der Waals surface area (Å²) in [5.41, 5.74) is 2.27. The lowest BCUT2D eigenvalue weighted by molar-refractivity contribution is 1.10. The summed E-state index contributed by atoms with van der Waals surface area (Å²) in [5, 5.41) is 9.05. The fourth-order valence-electron chi connectivity index (χ4n) is 1.01. The van der Waals surface area contributed by atoms with Crippen molar-refractivity contribution < 1.29 is 0 Å². The van der Waals surface area contributed by atoms with Crippen LogP contribution in [0.1, 0.15) is 5.56 Å². The van der Waals surface area contributed by atoms with Crippen molar-refractivity contribution in [3.05, 3.63) is 29.3 Å².